The van der Waals surface area contributed by atoms with Crippen molar-refractivity contribution in [3.8, 4) is 0 Å². The first-order valence-electron chi connectivity index (χ1n) is 23.3. The van der Waals surface area contributed by atoms with E-state index in [-0.39, 0.29) is 17.6 Å². The number of benzene rings is 6. The summed E-state index contributed by atoms with van der Waals surface area (Å²) < 4.78 is 30.8. The summed E-state index contributed by atoms with van der Waals surface area (Å²) in [6.07, 6.45) is -4.30. The van der Waals surface area contributed by atoms with Crippen molar-refractivity contribution >= 4 is 62.0 Å². The Balaban J connectivity index is 1.47. The fourth-order valence-corrected chi connectivity index (χ4v) is 24.3. The fraction of sp³-hybridized carbons (Fsp3) is 0.339. The summed E-state index contributed by atoms with van der Waals surface area (Å²) in [6.45, 7) is 21.6. The number of rotatable bonds is 14. The average molecular weight is 936 g/mol. The molecule has 1 saturated heterocycles. The molecule has 0 saturated carbocycles. The Hall–Kier alpha value is -4.76. The third-order valence-corrected chi connectivity index (χ3v) is 28.4. The minimum absolute atomic E-state index is 0.0302. The molecule has 2 N–H and O–H groups in total. The van der Waals surface area contributed by atoms with Gasteiger partial charge >= 0.3 is 0 Å². The quantitative estimate of drug-likeness (QED) is 0.109. The predicted octanol–water partition coefficient (Wildman–Crippen LogP) is 7.68. The largest absolute Gasteiger partial charge is 0.405 e. The van der Waals surface area contributed by atoms with Crippen LogP contribution >= 0.6 is 0 Å². The van der Waals surface area contributed by atoms with Crippen molar-refractivity contribution in [3.05, 3.63) is 182 Å². The molecule has 0 unspecified atom stereocenters. The summed E-state index contributed by atoms with van der Waals surface area (Å²) in [6, 6.07) is 61.8. The van der Waals surface area contributed by atoms with Gasteiger partial charge in [-0.15, -0.1) is 0 Å². The van der Waals surface area contributed by atoms with Crippen molar-refractivity contribution in [3.63, 3.8) is 0 Å². The zero-order valence-corrected chi connectivity index (χ0v) is 43.4. The van der Waals surface area contributed by atoms with Gasteiger partial charge in [-0.3, -0.25) is 4.79 Å². The van der Waals surface area contributed by atoms with Gasteiger partial charge in [-0.1, -0.05) is 244 Å². The first-order valence-corrected chi connectivity index (χ1v) is 29.0. The minimum atomic E-state index is -3.39. The highest BCUT2D eigenvalue weighted by atomic mass is 28.4. The Morgan fingerprint density at radius 1 is 0.500 bits per heavy atom. The zero-order valence-electron chi connectivity index (χ0n) is 40.4. The van der Waals surface area contributed by atoms with Crippen LogP contribution in [0.15, 0.2) is 182 Å². The van der Waals surface area contributed by atoms with Crippen LogP contribution in [0.25, 0.3) is 0 Å². The number of hydrogen-bond acceptors (Lipinski definition) is 6. The van der Waals surface area contributed by atoms with E-state index in [0.29, 0.717) is 0 Å². The molecule has 10 heteroatoms. The van der Waals surface area contributed by atoms with Crippen LogP contribution in [-0.2, 0) is 22.8 Å². The topological polar surface area (TPSA) is 86.3 Å². The molecule has 0 bridgehead atoms. The van der Waals surface area contributed by atoms with Gasteiger partial charge in [-0.25, -0.2) is 0 Å². The zero-order chi connectivity index (χ0) is 47.4. The molecular formula is C56H69NO6Si3. The standard InChI is InChI=1S/C56H69NO6Si3/c1-42(58)57-50-52(62-65(55(5,6)7,45-33-21-13-22-34-45)46-35-23-14-24-36-46)51(59)49(41-60-64(54(2,3)4,43-29-17-11-18-30-43)44-31-19-12-20-32-44)61-53(50)63-66(56(8,9)10,47-37-25-15-26-38-47)48-39-27-16-28-40-48/h11-40,49-53,59H,41H2,1-10H3,(H,57,58)/t49-,50-,51-,52-,53+/m1/s1. The molecule has 1 aliphatic heterocycles. The lowest BCUT2D eigenvalue weighted by Crippen LogP contribution is -2.76. The molecule has 6 aromatic carbocycles. The highest BCUT2D eigenvalue weighted by molar-refractivity contribution is 7.00. The number of ether oxygens (including phenoxy) is 1. The molecule has 0 aliphatic carbocycles. The van der Waals surface area contributed by atoms with E-state index in [1.807, 2.05) is 36.4 Å². The maximum atomic E-state index is 13.7. The first kappa shape index (κ1) is 49.2. The third-order valence-electron chi connectivity index (χ3n) is 13.4. The molecule has 5 atom stereocenters. The number of hydrogen-bond donors (Lipinski definition) is 2. The molecule has 7 rings (SSSR count). The number of amides is 1. The third kappa shape index (κ3) is 9.40. The lowest BCUT2D eigenvalue weighted by atomic mass is 9.97. The number of carbonyl (C=O) groups is 1. The second-order valence-corrected chi connectivity index (χ2v) is 33.6. The summed E-state index contributed by atoms with van der Waals surface area (Å²) in [5.41, 5.74) is 0. The molecule has 1 heterocycles. The lowest BCUT2D eigenvalue weighted by Gasteiger charge is -2.54. The maximum absolute atomic E-state index is 13.7. The van der Waals surface area contributed by atoms with Gasteiger partial charge in [0, 0.05) is 6.92 Å². The molecule has 7 nitrogen and oxygen atoms in total. The molecule has 1 aliphatic rings. The predicted molar refractivity (Wildman–Crippen MR) is 277 cm³/mol. The SMILES string of the molecule is CC(=O)N[C@H]1[C@H](O[Si](c2ccccc2)(c2ccccc2)C(C)(C)C)O[C@H](CO[Si](c2ccccc2)(c2ccccc2)C(C)(C)C)[C@@H](O)[C@@H]1O[Si](c1ccccc1)(c1ccccc1)C(C)(C)C. The van der Waals surface area contributed by atoms with E-state index < -0.39 is 65.7 Å². The molecule has 0 aromatic heterocycles. The Labute approximate surface area is 396 Å². The second kappa shape index (κ2) is 19.8. The van der Waals surface area contributed by atoms with Crippen molar-refractivity contribution < 1.29 is 27.9 Å². The van der Waals surface area contributed by atoms with E-state index in [9.17, 15) is 9.90 Å². The van der Waals surface area contributed by atoms with Crippen LogP contribution in [0.2, 0.25) is 15.1 Å². The normalized spacial score (nSPS) is 19.8. The van der Waals surface area contributed by atoms with E-state index in [0.717, 1.165) is 31.1 Å². The molecule has 6 aromatic rings. The van der Waals surface area contributed by atoms with E-state index in [2.05, 4.69) is 213 Å². The van der Waals surface area contributed by atoms with Crippen molar-refractivity contribution in [2.24, 2.45) is 0 Å². The Morgan fingerprint density at radius 2 is 0.788 bits per heavy atom. The van der Waals surface area contributed by atoms with E-state index in [4.69, 9.17) is 18.0 Å². The van der Waals surface area contributed by atoms with Gasteiger partial charge in [-0.05, 0) is 46.2 Å². The highest BCUT2D eigenvalue weighted by Crippen LogP contribution is 2.43. The van der Waals surface area contributed by atoms with Crippen molar-refractivity contribution in [1.29, 1.82) is 0 Å². The minimum Gasteiger partial charge on any atom is -0.405 e. The molecule has 1 fully saturated rings. The van der Waals surface area contributed by atoms with Crippen LogP contribution in [0.5, 0.6) is 0 Å². The van der Waals surface area contributed by atoms with Crippen molar-refractivity contribution in [2.75, 3.05) is 6.61 Å². The summed E-state index contributed by atoms with van der Waals surface area (Å²) >= 11 is 0. The van der Waals surface area contributed by atoms with E-state index >= 15 is 0 Å². The van der Waals surface area contributed by atoms with Crippen LogP contribution in [0, 0.1) is 0 Å². The lowest BCUT2D eigenvalue weighted by molar-refractivity contribution is -0.243. The molecular weight excluding hydrogens is 867 g/mol. The Kier molecular flexibility index (Phi) is 14.8. The van der Waals surface area contributed by atoms with Crippen molar-refractivity contribution in [1.82, 2.24) is 5.32 Å². The fourth-order valence-electron chi connectivity index (χ4n) is 10.4. The van der Waals surface area contributed by atoms with E-state index in [1.165, 1.54) is 6.92 Å². The smallest absolute Gasteiger partial charge is 0.264 e. The Bertz CT molecular complexity index is 2340. The van der Waals surface area contributed by atoms with E-state index in [1.54, 1.807) is 0 Å². The van der Waals surface area contributed by atoms with Crippen LogP contribution in [0.1, 0.15) is 69.2 Å². The van der Waals surface area contributed by atoms with Crippen molar-refractivity contribution in [2.45, 2.75) is 115 Å². The number of nitrogens with one attached hydrogen (secondary N) is 1. The number of carbonyl (C=O) groups excluding carboxylic acids is 1. The number of aliphatic hydroxyl groups is 1. The van der Waals surface area contributed by atoms with Gasteiger partial charge in [-0.2, -0.15) is 0 Å². The molecule has 0 radical (unpaired) electrons. The maximum Gasteiger partial charge on any atom is 0.264 e. The highest BCUT2D eigenvalue weighted by Gasteiger charge is 2.60. The van der Waals surface area contributed by atoms with Crippen LogP contribution in [0.3, 0.4) is 0 Å². The summed E-state index contributed by atoms with van der Waals surface area (Å²) in [7, 11) is -9.89. The van der Waals surface area contributed by atoms with Crippen LogP contribution in [-0.4, -0.2) is 73.2 Å². The summed E-state index contributed by atoms with van der Waals surface area (Å²) in [4.78, 5) is 13.7. The monoisotopic (exact) mass is 935 g/mol. The average Bonchev–Trinajstić information content (AvgIpc) is 3.30. The van der Waals surface area contributed by atoms with Gasteiger partial charge in [0.25, 0.3) is 25.0 Å². The van der Waals surface area contributed by atoms with Gasteiger partial charge in [0.05, 0.1) is 12.7 Å². The molecule has 66 heavy (non-hydrogen) atoms. The Morgan fingerprint density at radius 3 is 1.08 bits per heavy atom. The van der Waals surface area contributed by atoms with Gasteiger partial charge in [0.1, 0.15) is 18.2 Å². The van der Waals surface area contributed by atoms with Gasteiger partial charge in [0.15, 0.2) is 6.29 Å². The van der Waals surface area contributed by atoms with Crippen LogP contribution in [0.4, 0.5) is 0 Å². The number of aliphatic hydroxyl groups excluding tert-OH is 1. The molecule has 346 valence electrons. The van der Waals surface area contributed by atoms with Crippen LogP contribution < -0.4 is 36.4 Å². The summed E-state index contributed by atoms with van der Waals surface area (Å²) in [5.74, 6) is -0.287. The van der Waals surface area contributed by atoms with Gasteiger partial charge < -0.3 is 28.4 Å². The second-order valence-electron chi connectivity index (χ2n) is 20.8. The summed E-state index contributed by atoms with van der Waals surface area (Å²) in [5, 5.41) is 21.8. The van der Waals surface area contributed by atoms with Gasteiger partial charge in [0.2, 0.25) is 5.91 Å². The molecule has 0 spiro atoms. The first-order chi connectivity index (χ1) is 31.4. The molecule has 1 amide bonds.